The van der Waals surface area contributed by atoms with Gasteiger partial charge in [0, 0.05) is 50.2 Å². The van der Waals surface area contributed by atoms with Crippen molar-refractivity contribution in [3.63, 3.8) is 0 Å². The van der Waals surface area contributed by atoms with Crippen LogP contribution >= 0.6 is 0 Å². The number of cyclic esters (lactones) is 1. The van der Waals surface area contributed by atoms with E-state index in [0.717, 1.165) is 29.4 Å². The van der Waals surface area contributed by atoms with Crippen LogP contribution in [0, 0.1) is 5.41 Å². The van der Waals surface area contributed by atoms with Crippen LogP contribution in [-0.4, -0.2) is 77.7 Å². The Labute approximate surface area is 182 Å². The molecule has 1 N–H and O–H groups in total. The van der Waals surface area contributed by atoms with Gasteiger partial charge in [-0.3, -0.25) is 14.4 Å². The molecular weight excluding hydrogens is 398 g/mol. The Kier molecular flexibility index (Phi) is 7.00. The van der Waals surface area contributed by atoms with Crippen LogP contribution in [0.15, 0.2) is 30.5 Å². The van der Waals surface area contributed by atoms with Gasteiger partial charge in [-0.2, -0.15) is 0 Å². The topological polar surface area (TPSA) is 92.1 Å². The lowest BCUT2D eigenvalue weighted by Gasteiger charge is -2.36. The first kappa shape index (κ1) is 22.8. The molecule has 8 heteroatoms. The highest BCUT2D eigenvalue weighted by Crippen LogP contribution is 2.43. The van der Waals surface area contributed by atoms with Crippen LogP contribution < -0.4 is 0 Å². The first-order valence-electron chi connectivity index (χ1n) is 10.5. The Hall–Kier alpha value is -2.87. The molecule has 1 aromatic heterocycles. The maximum Gasteiger partial charge on any atom is 0.312 e. The summed E-state index contributed by atoms with van der Waals surface area (Å²) in [5, 5.41) is 8.03. The second-order valence-corrected chi connectivity index (χ2v) is 8.72. The number of para-hydroxylation sites is 1. The molecule has 1 unspecified atom stereocenters. The molecule has 168 valence electrons. The molecule has 3 heterocycles. The molecule has 0 aliphatic carbocycles. The lowest BCUT2D eigenvalue weighted by Crippen LogP contribution is -2.45. The predicted octanol–water partition coefficient (Wildman–Crippen LogP) is 1.91. The second kappa shape index (κ2) is 9.51. The first-order valence-corrected chi connectivity index (χ1v) is 10.5. The van der Waals surface area contributed by atoms with Crippen molar-refractivity contribution in [1.29, 1.82) is 0 Å². The van der Waals surface area contributed by atoms with E-state index in [9.17, 15) is 9.59 Å². The van der Waals surface area contributed by atoms with Crippen molar-refractivity contribution in [2.75, 3.05) is 33.7 Å². The van der Waals surface area contributed by atoms with Crippen LogP contribution in [0.1, 0.15) is 24.8 Å². The second-order valence-electron chi connectivity index (χ2n) is 8.72. The van der Waals surface area contributed by atoms with Gasteiger partial charge in [-0.1, -0.05) is 18.2 Å². The standard InChI is InChI=1S/C22H29N3O3.CH2O2/c1-23(2)15-17-13-22(21(27)28-17)8-10-25(11-9-22)20(26)12-16-14-24(3)19-7-5-4-6-18(16)19;2-1-3/h4-7,14,17H,8-13,15H2,1-3H3;1H,(H,2,3). The molecule has 1 atom stereocenters. The zero-order valence-corrected chi connectivity index (χ0v) is 18.4. The Morgan fingerprint density at radius 3 is 2.58 bits per heavy atom. The summed E-state index contributed by atoms with van der Waals surface area (Å²) in [6.45, 7) is 1.78. The van der Waals surface area contributed by atoms with Crippen LogP contribution in [-0.2, 0) is 32.6 Å². The number of rotatable bonds is 4. The van der Waals surface area contributed by atoms with Gasteiger partial charge >= 0.3 is 5.97 Å². The third-order valence-electron chi connectivity index (χ3n) is 6.29. The summed E-state index contributed by atoms with van der Waals surface area (Å²) in [6.07, 6.45) is 4.61. The van der Waals surface area contributed by atoms with E-state index in [1.165, 1.54) is 0 Å². The van der Waals surface area contributed by atoms with Gasteiger partial charge in [0.1, 0.15) is 6.10 Å². The maximum atomic E-state index is 12.9. The van der Waals surface area contributed by atoms with Crippen LogP contribution in [0.2, 0.25) is 0 Å². The average molecular weight is 430 g/mol. The van der Waals surface area contributed by atoms with Gasteiger partial charge in [0.15, 0.2) is 0 Å². The van der Waals surface area contributed by atoms with Gasteiger partial charge in [0.2, 0.25) is 5.91 Å². The fourth-order valence-electron chi connectivity index (χ4n) is 4.78. The maximum absolute atomic E-state index is 12.9. The van der Waals surface area contributed by atoms with Crippen molar-refractivity contribution in [1.82, 2.24) is 14.4 Å². The molecule has 31 heavy (non-hydrogen) atoms. The number of hydrogen-bond donors (Lipinski definition) is 1. The van der Waals surface area contributed by atoms with E-state index in [-0.39, 0.29) is 24.5 Å². The smallest absolute Gasteiger partial charge is 0.312 e. The Balaban J connectivity index is 0.000000858. The van der Waals surface area contributed by atoms with E-state index in [1.807, 2.05) is 44.4 Å². The molecule has 2 fully saturated rings. The number of nitrogens with zero attached hydrogens (tertiary/aromatic N) is 3. The fraction of sp³-hybridized carbons (Fsp3) is 0.522. The number of carbonyl (C=O) groups excluding carboxylic acids is 2. The van der Waals surface area contributed by atoms with Gasteiger partial charge in [-0.05, 0) is 38.6 Å². The van der Waals surface area contributed by atoms with Gasteiger partial charge < -0.3 is 24.2 Å². The van der Waals surface area contributed by atoms with Crippen molar-refractivity contribution >= 4 is 29.3 Å². The molecule has 0 bridgehead atoms. The first-order chi connectivity index (χ1) is 14.8. The minimum absolute atomic E-state index is 0.0274. The number of amides is 1. The predicted molar refractivity (Wildman–Crippen MR) is 117 cm³/mol. The Morgan fingerprint density at radius 2 is 1.94 bits per heavy atom. The van der Waals surface area contributed by atoms with Gasteiger partial charge in [0.25, 0.3) is 6.47 Å². The lowest BCUT2D eigenvalue weighted by atomic mass is 9.76. The highest BCUT2D eigenvalue weighted by molar-refractivity contribution is 5.89. The lowest BCUT2D eigenvalue weighted by molar-refractivity contribution is -0.152. The van der Waals surface area contributed by atoms with E-state index in [4.69, 9.17) is 14.6 Å². The number of carbonyl (C=O) groups is 3. The number of aromatic nitrogens is 1. The minimum Gasteiger partial charge on any atom is -0.483 e. The molecular formula is C23H31N3O5. The fourth-order valence-corrected chi connectivity index (χ4v) is 4.78. The van der Waals surface area contributed by atoms with E-state index < -0.39 is 5.41 Å². The van der Waals surface area contributed by atoms with E-state index in [2.05, 4.69) is 21.6 Å². The van der Waals surface area contributed by atoms with Crippen LogP contribution in [0.3, 0.4) is 0 Å². The average Bonchev–Trinajstić information content (AvgIpc) is 3.19. The summed E-state index contributed by atoms with van der Waals surface area (Å²) in [4.78, 5) is 37.8. The number of esters is 1. The molecule has 2 aliphatic heterocycles. The molecule has 8 nitrogen and oxygen atoms in total. The zero-order valence-electron chi connectivity index (χ0n) is 18.4. The number of benzene rings is 1. The Bertz CT molecular complexity index is 944. The van der Waals surface area contributed by atoms with Crippen LogP contribution in [0.25, 0.3) is 10.9 Å². The van der Waals surface area contributed by atoms with E-state index in [1.54, 1.807) is 0 Å². The third kappa shape index (κ3) is 4.90. The summed E-state index contributed by atoms with van der Waals surface area (Å²) >= 11 is 0. The van der Waals surface area contributed by atoms with Gasteiger partial charge in [-0.15, -0.1) is 0 Å². The molecule has 4 rings (SSSR count). The third-order valence-corrected chi connectivity index (χ3v) is 6.29. The highest BCUT2D eigenvalue weighted by atomic mass is 16.6. The van der Waals surface area contributed by atoms with Crippen molar-refractivity contribution in [3.8, 4) is 0 Å². The quantitative estimate of drug-likeness (QED) is 0.590. The van der Waals surface area contributed by atoms with Crippen molar-refractivity contribution in [2.24, 2.45) is 12.5 Å². The van der Waals surface area contributed by atoms with E-state index in [0.29, 0.717) is 32.4 Å². The summed E-state index contributed by atoms with van der Waals surface area (Å²) in [7, 11) is 6.00. The van der Waals surface area contributed by atoms with Crippen LogP contribution in [0.4, 0.5) is 0 Å². The van der Waals surface area contributed by atoms with Crippen molar-refractivity contribution < 1.29 is 24.2 Å². The Morgan fingerprint density at radius 1 is 1.29 bits per heavy atom. The monoisotopic (exact) mass is 429 g/mol. The number of fused-ring (bicyclic) bond motifs is 1. The number of hydrogen-bond acceptors (Lipinski definition) is 5. The highest BCUT2D eigenvalue weighted by Gasteiger charge is 2.50. The normalized spacial score (nSPS) is 19.9. The van der Waals surface area contributed by atoms with Crippen molar-refractivity contribution in [3.05, 3.63) is 36.0 Å². The molecule has 0 saturated carbocycles. The molecule has 2 aliphatic rings. The molecule has 1 aromatic carbocycles. The van der Waals surface area contributed by atoms with Crippen LogP contribution in [0.5, 0.6) is 0 Å². The largest absolute Gasteiger partial charge is 0.483 e. The van der Waals surface area contributed by atoms with Gasteiger partial charge in [0.05, 0.1) is 11.8 Å². The SMILES string of the molecule is CN(C)CC1CC2(CCN(C(=O)Cc3cn(C)c4ccccc34)CC2)C(=O)O1.O=CO. The van der Waals surface area contributed by atoms with E-state index >= 15 is 0 Å². The molecule has 0 radical (unpaired) electrons. The molecule has 2 aromatic rings. The summed E-state index contributed by atoms with van der Waals surface area (Å²) in [5.41, 5.74) is 1.81. The summed E-state index contributed by atoms with van der Waals surface area (Å²) in [5.74, 6) is 0.0721. The number of piperidine rings is 1. The zero-order chi connectivity index (χ0) is 22.6. The van der Waals surface area contributed by atoms with Crippen molar-refractivity contribution in [2.45, 2.75) is 31.8 Å². The van der Waals surface area contributed by atoms with Gasteiger partial charge in [-0.25, -0.2) is 0 Å². The number of likely N-dealkylation sites (tertiary alicyclic amines) is 1. The number of likely N-dealkylation sites (N-methyl/N-ethyl adjacent to an activating group) is 1. The number of ether oxygens (including phenoxy) is 1. The molecule has 1 amide bonds. The summed E-state index contributed by atoms with van der Waals surface area (Å²) < 4.78 is 7.69. The number of carboxylic acid groups (broad SMARTS) is 1. The molecule has 2 saturated heterocycles. The summed E-state index contributed by atoms with van der Waals surface area (Å²) in [6, 6.07) is 8.17. The minimum atomic E-state index is -0.392. The molecule has 1 spiro atoms. The number of aryl methyl sites for hydroxylation is 1.